The lowest BCUT2D eigenvalue weighted by molar-refractivity contribution is -0.129. The number of oxime groups is 1. The van der Waals surface area contributed by atoms with Crippen LogP contribution < -0.4 is 0 Å². The fourth-order valence-corrected chi connectivity index (χ4v) is 0.671. The molecule has 1 atom stereocenters. The van der Waals surface area contributed by atoms with Crippen LogP contribution in [0.3, 0.4) is 0 Å². The Labute approximate surface area is 56.1 Å². The van der Waals surface area contributed by atoms with E-state index in [9.17, 15) is 4.79 Å². The predicted molar refractivity (Wildman–Crippen MR) is 30.7 cm³/mol. The molecule has 5 heteroatoms. The second-order valence-electron chi connectivity index (χ2n) is 1.54. The molecule has 0 amide bonds. The van der Waals surface area contributed by atoms with Crippen LogP contribution in [0.4, 0.5) is 0 Å². The third kappa shape index (κ3) is 1.13. The Balaban J connectivity index is 2.68. The van der Waals surface area contributed by atoms with Crippen molar-refractivity contribution in [3.05, 3.63) is 0 Å². The molecule has 0 saturated carbocycles. The van der Waals surface area contributed by atoms with Crippen molar-refractivity contribution in [2.75, 3.05) is 6.61 Å². The van der Waals surface area contributed by atoms with E-state index in [4.69, 9.17) is 16.7 Å². The average molecular weight is 150 g/mol. The maximum Gasteiger partial charge on any atom is 0.355 e. The molecule has 9 heavy (non-hydrogen) atoms. The number of nitrogens with zero attached hydrogens (tertiary/aromatic N) is 1. The van der Waals surface area contributed by atoms with Gasteiger partial charge in [-0.25, -0.2) is 4.79 Å². The summed E-state index contributed by atoms with van der Waals surface area (Å²) >= 11 is 5.44. The zero-order valence-corrected chi connectivity index (χ0v) is 5.13. The molecule has 50 valence electrons. The molecule has 1 rings (SSSR count). The zero-order valence-electron chi connectivity index (χ0n) is 4.37. The van der Waals surface area contributed by atoms with Crippen LogP contribution in [-0.4, -0.2) is 28.8 Å². The largest absolute Gasteiger partial charge is 0.477 e. The molecule has 0 aromatic rings. The fourth-order valence-electron chi connectivity index (χ4n) is 0.481. The maximum atomic E-state index is 10.1. The van der Waals surface area contributed by atoms with E-state index < -0.39 is 11.3 Å². The fraction of sp³-hybridized carbons (Fsp3) is 0.500. The molecule has 0 fully saturated rings. The van der Waals surface area contributed by atoms with Crippen LogP contribution in [0.1, 0.15) is 0 Å². The maximum absolute atomic E-state index is 10.1. The second kappa shape index (κ2) is 2.23. The van der Waals surface area contributed by atoms with Gasteiger partial charge in [-0.3, -0.25) is 0 Å². The van der Waals surface area contributed by atoms with Crippen LogP contribution in [0.15, 0.2) is 5.16 Å². The number of hydrogen-bond donors (Lipinski definition) is 1. The van der Waals surface area contributed by atoms with Crippen LogP contribution in [-0.2, 0) is 9.63 Å². The SMILES string of the molecule is O=C(O)C1=NOCC1Cl. The minimum Gasteiger partial charge on any atom is -0.477 e. The highest BCUT2D eigenvalue weighted by Crippen LogP contribution is 2.07. The van der Waals surface area contributed by atoms with Gasteiger partial charge in [0, 0.05) is 0 Å². The predicted octanol–water partition coefficient (Wildman–Crippen LogP) is 0.0646. The van der Waals surface area contributed by atoms with Crippen LogP contribution in [0, 0.1) is 0 Å². The van der Waals surface area contributed by atoms with Crippen molar-refractivity contribution in [3.63, 3.8) is 0 Å². The molecule has 1 heterocycles. The van der Waals surface area contributed by atoms with Crippen molar-refractivity contribution in [1.29, 1.82) is 0 Å². The first-order valence-corrected chi connectivity index (χ1v) is 2.72. The normalized spacial score (nSPS) is 25.0. The van der Waals surface area contributed by atoms with Crippen molar-refractivity contribution in [2.24, 2.45) is 5.16 Å². The highest BCUT2D eigenvalue weighted by molar-refractivity contribution is 6.49. The molecule has 0 radical (unpaired) electrons. The summed E-state index contributed by atoms with van der Waals surface area (Å²) < 4.78 is 0. The van der Waals surface area contributed by atoms with Gasteiger partial charge in [-0.2, -0.15) is 0 Å². The summed E-state index contributed by atoms with van der Waals surface area (Å²) in [6.45, 7) is 0.156. The first kappa shape index (κ1) is 6.35. The van der Waals surface area contributed by atoms with Crippen LogP contribution in [0.5, 0.6) is 0 Å². The monoisotopic (exact) mass is 149 g/mol. The molecule has 1 N–H and O–H groups in total. The smallest absolute Gasteiger partial charge is 0.355 e. The minimum absolute atomic E-state index is 0.114. The van der Waals surface area contributed by atoms with E-state index in [1.54, 1.807) is 0 Å². The summed E-state index contributed by atoms with van der Waals surface area (Å²) in [6.07, 6.45) is 0. The molecule has 1 aliphatic heterocycles. The Morgan fingerprint density at radius 1 is 2.00 bits per heavy atom. The number of alkyl halides is 1. The molecule has 0 spiro atoms. The number of halogens is 1. The third-order valence-electron chi connectivity index (χ3n) is 0.900. The van der Waals surface area contributed by atoms with Gasteiger partial charge < -0.3 is 9.94 Å². The lowest BCUT2D eigenvalue weighted by Crippen LogP contribution is -2.21. The molecule has 0 aliphatic carbocycles. The highest BCUT2D eigenvalue weighted by atomic mass is 35.5. The lowest BCUT2D eigenvalue weighted by atomic mass is 10.3. The summed E-state index contributed by atoms with van der Waals surface area (Å²) in [5, 5.41) is 10.9. The average Bonchev–Trinajstić information content (AvgIpc) is 2.13. The van der Waals surface area contributed by atoms with E-state index in [-0.39, 0.29) is 12.3 Å². The summed E-state index contributed by atoms with van der Waals surface area (Å²) in [5.74, 6) is -1.12. The molecular formula is C4H4ClNO3. The topological polar surface area (TPSA) is 58.9 Å². The number of rotatable bonds is 1. The van der Waals surface area contributed by atoms with E-state index >= 15 is 0 Å². The van der Waals surface area contributed by atoms with Gasteiger partial charge in [0.1, 0.15) is 12.0 Å². The molecule has 0 aromatic carbocycles. The van der Waals surface area contributed by atoms with Gasteiger partial charge in [0.15, 0.2) is 5.71 Å². The Bertz CT molecular complexity index is 167. The van der Waals surface area contributed by atoms with E-state index in [2.05, 4.69) is 9.99 Å². The zero-order chi connectivity index (χ0) is 6.85. The number of aliphatic carboxylic acids is 1. The van der Waals surface area contributed by atoms with Crippen LogP contribution >= 0.6 is 11.6 Å². The summed E-state index contributed by atoms with van der Waals surface area (Å²) in [6, 6.07) is 0. The first-order valence-electron chi connectivity index (χ1n) is 2.29. The van der Waals surface area contributed by atoms with Gasteiger partial charge in [-0.15, -0.1) is 11.6 Å². The number of carbonyl (C=O) groups is 1. The van der Waals surface area contributed by atoms with E-state index in [1.807, 2.05) is 0 Å². The molecule has 0 bridgehead atoms. The second-order valence-corrected chi connectivity index (χ2v) is 2.07. The highest BCUT2D eigenvalue weighted by Gasteiger charge is 2.26. The van der Waals surface area contributed by atoms with E-state index in [0.717, 1.165) is 0 Å². The minimum atomic E-state index is -1.12. The molecule has 1 unspecified atom stereocenters. The molecule has 0 aromatic heterocycles. The van der Waals surface area contributed by atoms with Crippen LogP contribution in [0.25, 0.3) is 0 Å². The quantitative estimate of drug-likeness (QED) is 0.537. The Morgan fingerprint density at radius 3 is 2.89 bits per heavy atom. The summed E-state index contributed by atoms with van der Waals surface area (Å²) in [7, 11) is 0. The lowest BCUT2D eigenvalue weighted by Gasteiger charge is -1.91. The van der Waals surface area contributed by atoms with Gasteiger partial charge >= 0.3 is 5.97 Å². The Hall–Kier alpha value is -0.770. The molecule has 4 nitrogen and oxygen atoms in total. The van der Waals surface area contributed by atoms with Gasteiger partial charge in [-0.1, -0.05) is 5.16 Å². The van der Waals surface area contributed by atoms with Crippen molar-refractivity contribution >= 4 is 23.3 Å². The van der Waals surface area contributed by atoms with E-state index in [0.29, 0.717) is 0 Å². The van der Waals surface area contributed by atoms with Gasteiger partial charge in [-0.05, 0) is 0 Å². The first-order chi connectivity index (χ1) is 4.22. The van der Waals surface area contributed by atoms with Gasteiger partial charge in [0.25, 0.3) is 0 Å². The standard InChI is InChI=1S/C4H4ClNO3/c5-2-1-9-6-3(2)4(7)8/h2H,1H2,(H,7,8). The van der Waals surface area contributed by atoms with Crippen LogP contribution in [0.2, 0.25) is 0 Å². The molecule has 0 saturated heterocycles. The Kier molecular flexibility index (Phi) is 1.57. The summed E-state index contributed by atoms with van der Waals surface area (Å²) in [4.78, 5) is 14.5. The number of carboxylic acids is 1. The molecular weight excluding hydrogens is 146 g/mol. The Morgan fingerprint density at radius 2 is 2.67 bits per heavy atom. The number of hydrogen-bond acceptors (Lipinski definition) is 3. The molecule has 1 aliphatic rings. The number of carboxylic acid groups (broad SMARTS) is 1. The van der Waals surface area contributed by atoms with Gasteiger partial charge in [0.05, 0.1) is 0 Å². The summed E-state index contributed by atoms with van der Waals surface area (Å²) in [5.41, 5.74) is -0.114. The van der Waals surface area contributed by atoms with Crippen molar-refractivity contribution in [2.45, 2.75) is 5.38 Å². The van der Waals surface area contributed by atoms with Gasteiger partial charge in [0.2, 0.25) is 0 Å². The van der Waals surface area contributed by atoms with Crippen molar-refractivity contribution in [1.82, 2.24) is 0 Å². The van der Waals surface area contributed by atoms with Crippen molar-refractivity contribution in [3.8, 4) is 0 Å². The van der Waals surface area contributed by atoms with Crippen molar-refractivity contribution < 1.29 is 14.7 Å². The van der Waals surface area contributed by atoms with E-state index in [1.165, 1.54) is 0 Å². The third-order valence-corrected chi connectivity index (χ3v) is 1.23.